The van der Waals surface area contributed by atoms with Crippen LogP contribution in [0.25, 0.3) is 0 Å². The average Bonchev–Trinajstić information content (AvgIpc) is 2.17. The van der Waals surface area contributed by atoms with Gasteiger partial charge in [0, 0.05) is 0 Å². The van der Waals surface area contributed by atoms with Crippen LogP contribution in [0.1, 0.15) is 0 Å². The monoisotopic (exact) mass is 388 g/mol. The van der Waals surface area contributed by atoms with Crippen molar-refractivity contribution in [3.8, 4) is 0 Å². The summed E-state index contributed by atoms with van der Waals surface area (Å²) >= 11 is 0. The van der Waals surface area contributed by atoms with E-state index in [2.05, 4.69) is 8.37 Å². The Balaban J connectivity index is 0. The van der Waals surface area contributed by atoms with E-state index in [4.69, 9.17) is 0 Å². The van der Waals surface area contributed by atoms with Crippen molar-refractivity contribution in [2.75, 3.05) is 11.5 Å². The molecule has 0 N–H and O–H groups in total. The van der Waals surface area contributed by atoms with E-state index >= 15 is 0 Å². The second-order valence-electron chi connectivity index (χ2n) is 3.16. The summed E-state index contributed by atoms with van der Waals surface area (Å²) in [6.45, 7) is 0. The molecule has 1 aliphatic heterocycles. The van der Waals surface area contributed by atoms with E-state index in [1.54, 1.807) is 0 Å². The fraction of sp³-hybridized carbons (Fsp3) is 1.00. The zero-order chi connectivity index (χ0) is 13.5. The zero-order valence-corrected chi connectivity index (χ0v) is 18.6. The van der Waals surface area contributed by atoms with Crippen molar-refractivity contribution >= 4 is 30.6 Å². The fourth-order valence-corrected chi connectivity index (χ4v) is 4.13. The van der Waals surface area contributed by atoms with Crippen LogP contribution < -0.4 is 103 Å². The van der Waals surface area contributed by atoms with Crippen LogP contribution in [0, 0.1) is 0 Å². The first kappa shape index (κ1) is 24.2. The molecule has 1 rings (SSSR count). The minimum Gasteiger partial charge on any atom is -0.726 e. The molecule has 0 unspecified atom stereocenters. The third-order valence-electron chi connectivity index (χ3n) is 1.73. The Hall–Kier alpha value is 2.96. The number of hydrogen-bond donors (Lipinski definition) is 0. The van der Waals surface area contributed by atoms with Crippen LogP contribution in [0.2, 0.25) is 0 Å². The van der Waals surface area contributed by atoms with E-state index in [-0.39, 0.29) is 103 Å². The Labute approximate surface area is 195 Å². The molecule has 1 aliphatic rings. The molecule has 0 aromatic rings. The van der Waals surface area contributed by atoms with Crippen LogP contribution in [-0.2, 0) is 39.0 Å². The number of rotatable bonds is 4. The molecule has 0 amide bonds. The van der Waals surface area contributed by atoms with E-state index in [1.807, 2.05) is 0 Å². The molecule has 1 saturated heterocycles. The van der Waals surface area contributed by atoms with Crippen molar-refractivity contribution < 1.29 is 145 Å². The van der Waals surface area contributed by atoms with Crippen molar-refractivity contribution in [2.45, 2.75) is 12.2 Å². The maximum Gasteiger partial charge on any atom is 1.00 e. The van der Waals surface area contributed by atoms with Crippen LogP contribution >= 0.6 is 0 Å². The van der Waals surface area contributed by atoms with Gasteiger partial charge in [-0.25, -0.2) is 25.3 Å². The Morgan fingerprint density at radius 1 is 0.842 bits per heavy atom. The predicted molar refractivity (Wildman–Crippen MR) is 47.8 cm³/mol. The third-order valence-corrected chi connectivity index (χ3v) is 4.37. The first-order chi connectivity index (χ1) is 7.38. The molecule has 19 heavy (non-hydrogen) atoms. The minimum atomic E-state index is -5.24. The molecule has 0 aromatic heterocycles. The van der Waals surface area contributed by atoms with Gasteiger partial charge in [-0.1, -0.05) is 0 Å². The van der Waals surface area contributed by atoms with Gasteiger partial charge in [0.2, 0.25) is 20.8 Å². The number of hydrogen-bond acceptors (Lipinski definition) is 10. The van der Waals surface area contributed by atoms with Crippen LogP contribution in [0.15, 0.2) is 0 Å². The largest absolute Gasteiger partial charge is 1.00 e. The molecule has 0 bridgehead atoms. The van der Waals surface area contributed by atoms with Crippen LogP contribution in [-0.4, -0.2) is 58.1 Å². The molecular formula is C4H6K2O10S3. The zero-order valence-electron chi connectivity index (χ0n) is 9.88. The van der Waals surface area contributed by atoms with E-state index < -0.39 is 54.3 Å². The molecule has 0 spiro atoms. The Morgan fingerprint density at radius 3 is 1.32 bits per heavy atom. The van der Waals surface area contributed by atoms with Gasteiger partial charge in [0.25, 0.3) is 0 Å². The van der Waals surface area contributed by atoms with Gasteiger partial charge in [0.1, 0.15) is 12.2 Å². The molecule has 102 valence electrons. The Kier molecular flexibility index (Phi) is 11.1. The van der Waals surface area contributed by atoms with Gasteiger partial charge in [-0.2, -0.15) is 0 Å². The molecule has 1 fully saturated rings. The predicted octanol–water partition coefficient (Wildman–Crippen LogP) is -8.89. The molecule has 10 nitrogen and oxygen atoms in total. The molecule has 0 radical (unpaired) electrons. The molecule has 0 saturated carbocycles. The maximum absolute atomic E-state index is 11.1. The van der Waals surface area contributed by atoms with E-state index in [1.165, 1.54) is 0 Å². The van der Waals surface area contributed by atoms with Crippen molar-refractivity contribution in [2.24, 2.45) is 0 Å². The second kappa shape index (κ2) is 8.71. The third kappa shape index (κ3) is 10.4. The van der Waals surface area contributed by atoms with Gasteiger partial charge < -0.3 is 9.11 Å². The molecule has 15 heteroatoms. The molecule has 2 atom stereocenters. The normalized spacial score (nSPS) is 26.2. The van der Waals surface area contributed by atoms with E-state index in [0.717, 1.165) is 0 Å². The van der Waals surface area contributed by atoms with Gasteiger partial charge in [-0.05, 0) is 0 Å². The van der Waals surface area contributed by atoms with Gasteiger partial charge >= 0.3 is 103 Å². The van der Waals surface area contributed by atoms with E-state index in [9.17, 15) is 34.4 Å². The van der Waals surface area contributed by atoms with Crippen molar-refractivity contribution in [1.82, 2.24) is 0 Å². The summed E-state index contributed by atoms with van der Waals surface area (Å²) < 4.78 is 91.3. The molecule has 0 aliphatic carbocycles. The Morgan fingerprint density at radius 2 is 1.11 bits per heavy atom. The maximum atomic E-state index is 11.1. The topological polar surface area (TPSA) is 167 Å². The van der Waals surface area contributed by atoms with Gasteiger partial charge in [0.15, 0.2) is 9.84 Å². The molecule has 0 aromatic carbocycles. The summed E-state index contributed by atoms with van der Waals surface area (Å²) in [7, 11) is -14.3. The summed E-state index contributed by atoms with van der Waals surface area (Å²) in [5.74, 6) is -1.84. The number of sulfone groups is 1. The van der Waals surface area contributed by atoms with Crippen LogP contribution in [0.4, 0.5) is 0 Å². The van der Waals surface area contributed by atoms with Crippen LogP contribution in [0.5, 0.6) is 0 Å². The summed E-state index contributed by atoms with van der Waals surface area (Å²) in [5.41, 5.74) is 0. The fourth-order valence-electron chi connectivity index (χ4n) is 1.27. The Bertz CT molecular complexity index is 543. The second-order valence-corrected chi connectivity index (χ2v) is 7.33. The standard InChI is InChI=1S/C4H8O10S3.2K/c5-15(6)1-3(13-16(7,8)9)4(2-15)14-17(10,11)12;;/h3-4H,1-2H2,(H,7,8,9)(H,10,11,12);;/q;2*+1/p-2/t3-,4-;;/m1../s1. The first-order valence-electron chi connectivity index (χ1n) is 3.87. The first-order valence-corrected chi connectivity index (χ1v) is 8.35. The van der Waals surface area contributed by atoms with Gasteiger partial charge in [-0.3, -0.25) is 8.37 Å². The summed E-state index contributed by atoms with van der Waals surface area (Å²) in [4.78, 5) is 0. The summed E-state index contributed by atoms with van der Waals surface area (Å²) in [5, 5.41) is 0. The van der Waals surface area contributed by atoms with Crippen molar-refractivity contribution in [3.63, 3.8) is 0 Å². The average molecular weight is 388 g/mol. The SMILES string of the molecule is O=S1(=O)C[C@@H](OS(=O)(=O)[O-])[C@H](OS(=O)(=O)[O-])C1.[K+].[K+]. The van der Waals surface area contributed by atoms with Crippen molar-refractivity contribution in [1.29, 1.82) is 0 Å². The van der Waals surface area contributed by atoms with Crippen molar-refractivity contribution in [3.05, 3.63) is 0 Å². The summed E-state index contributed by atoms with van der Waals surface area (Å²) in [6, 6.07) is 0. The van der Waals surface area contributed by atoms with Gasteiger partial charge in [0.05, 0.1) is 11.5 Å². The van der Waals surface area contributed by atoms with Gasteiger partial charge in [-0.15, -0.1) is 0 Å². The quantitative estimate of drug-likeness (QED) is 0.256. The molecule has 1 heterocycles. The van der Waals surface area contributed by atoms with E-state index in [0.29, 0.717) is 0 Å². The molecular weight excluding hydrogens is 382 g/mol. The minimum absolute atomic E-state index is 0. The summed E-state index contributed by atoms with van der Waals surface area (Å²) in [6.07, 6.45) is -3.68. The smallest absolute Gasteiger partial charge is 0.726 e. The van der Waals surface area contributed by atoms with Crippen LogP contribution in [0.3, 0.4) is 0 Å².